The lowest BCUT2D eigenvalue weighted by Gasteiger charge is -2.16. The molecule has 1 aliphatic rings. The molecule has 0 fully saturated rings. The number of fused-ring (bicyclic) bond motifs is 1. The number of hydrogen-bond donors (Lipinski definition) is 1. The van der Waals surface area contributed by atoms with Gasteiger partial charge in [0, 0.05) is 6.42 Å². The zero-order valence-corrected chi connectivity index (χ0v) is 6.43. The smallest absolute Gasteiger partial charge is 0.224 e. The number of hydrogen-bond acceptors (Lipinski definition) is 1. The van der Waals surface area contributed by atoms with E-state index in [0.717, 1.165) is 5.56 Å². The Kier molecular flexibility index (Phi) is 1.57. The third kappa shape index (κ3) is 1.07. The Morgan fingerprint density at radius 3 is 3.00 bits per heavy atom. The van der Waals surface area contributed by atoms with Crippen LogP contribution in [0.3, 0.4) is 0 Å². The molecular formula is C9H8FNO. The fraction of sp³-hybridized carbons (Fsp3) is 0.222. The molecule has 0 atom stereocenters. The molecule has 0 bridgehead atoms. The van der Waals surface area contributed by atoms with Gasteiger partial charge in [0.05, 0.1) is 5.69 Å². The van der Waals surface area contributed by atoms with Gasteiger partial charge in [-0.25, -0.2) is 4.39 Å². The molecular weight excluding hydrogens is 157 g/mol. The Balaban J connectivity index is 2.50. The molecule has 2 rings (SSSR count). The van der Waals surface area contributed by atoms with E-state index in [1.54, 1.807) is 6.07 Å². The van der Waals surface area contributed by atoms with E-state index >= 15 is 0 Å². The number of para-hydroxylation sites is 1. The van der Waals surface area contributed by atoms with Crippen LogP contribution in [0.15, 0.2) is 18.2 Å². The van der Waals surface area contributed by atoms with E-state index in [1.165, 1.54) is 6.07 Å². The summed E-state index contributed by atoms with van der Waals surface area (Å²) in [5.41, 5.74) is 1.24. The zero-order chi connectivity index (χ0) is 8.55. The molecule has 2 nitrogen and oxygen atoms in total. The molecule has 1 aromatic rings. The summed E-state index contributed by atoms with van der Waals surface area (Å²) < 4.78 is 13.0. The molecule has 12 heavy (non-hydrogen) atoms. The number of carbonyl (C=O) groups is 1. The van der Waals surface area contributed by atoms with Crippen LogP contribution in [0.1, 0.15) is 12.0 Å². The summed E-state index contributed by atoms with van der Waals surface area (Å²) in [7, 11) is 0. The monoisotopic (exact) mass is 165 g/mol. The highest BCUT2D eigenvalue weighted by Crippen LogP contribution is 2.24. The van der Waals surface area contributed by atoms with Crippen LogP contribution in [0.2, 0.25) is 0 Å². The molecule has 1 heterocycles. The first-order valence-corrected chi connectivity index (χ1v) is 3.84. The largest absolute Gasteiger partial charge is 0.323 e. The van der Waals surface area contributed by atoms with E-state index in [1.807, 2.05) is 6.07 Å². The third-order valence-corrected chi connectivity index (χ3v) is 1.99. The van der Waals surface area contributed by atoms with Crippen LogP contribution in [0, 0.1) is 5.82 Å². The SMILES string of the molecule is O=C1CCc2cccc(F)c2N1. The van der Waals surface area contributed by atoms with E-state index in [9.17, 15) is 9.18 Å². The summed E-state index contributed by atoms with van der Waals surface area (Å²) >= 11 is 0. The first-order valence-electron chi connectivity index (χ1n) is 3.84. The molecule has 0 radical (unpaired) electrons. The van der Waals surface area contributed by atoms with Gasteiger partial charge < -0.3 is 5.32 Å². The first kappa shape index (κ1) is 7.28. The standard InChI is InChI=1S/C9H8FNO/c10-7-3-1-2-6-4-5-8(12)11-9(6)7/h1-3H,4-5H2,(H,11,12). The van der Waals surface area contributed by atoms with Gasteiger partial charge in [0.1, 0.15) is 5.82 Å². The Labute approximate surface area is 69.4 Å². The van der Waals surface area contributed by atoms with Crippen molar-refractivity contribution in [2.75, 3.05) is 5.32 Å². The minimum atomic E-state index is -0.347. The number of anilines is 1. The Hall–Kier alpha value is -1.38. The summed E-state index contributed by atoms with van der Waals surface area (Å²) in [4.78, 5) is 10.9. The Morgan fingerprint density at radius 1 is 1.33 bits per heavy atom. The van der Waals surface area contributed by atoms with Gasteiger partial charge in [-0.15, -0.1) is 0 Å². The van der Waals surface area contributed by atoms with Crippen molar-refractivity contribution in [3.8, 4) is 0 Å². The Bertz CT molecular complexity index is 335. The summed E-state index contributed by atoms with van der Waals surface area (Å²) in [5, 5.41) is 2.51. The fourth-order valence-corrected chi connectivity index (χ4v) is 1.37. The van der Waals surface area contributed by atoms with Crippen molar-refractivity contribution in [2.45, 2.75) is 12.8 Å². The molecule has 1 aliphatic heterocycles. The average Bonchev–Trinajstić information content (AvgIpc) is 2.07. The van der Waals surface area contributed by atoms with Crippen LogP contribution in [-0.4, -0.2) is 5.91 Å². The second-order valence-electron chi connectivity index (χ2n) is 2.82. The molecule has 0 saturated heterocycles. The van der Waals surface area contributed by atoms with Crippen LogP contribution in [0.25, 0.3) is 0 Å². The number of amides is 1. The number of rotatable bonds is 0. The molecule has 0 aliphatic carbocycles. The lowest BCUT2D eigenvalue weighted by atomic mass is 10.0. The molecule has 0 unspecified atom stereocenters. The molecule has 0 aromatic heterocycles. The van der Waals surface area contributed by atoms with Crippen LogP contribution in [0.5, 0.6) is 0 Å². The highest BCUT2D eigenvalue weighted by Gasteiger charge is 2.16. The topological polar surface area (TPSA) is 29.1 Å². The van der Waals surface area contributed by atoms with Gasteiger partial charge >= 0.3 is 0 Å². The highest BCUT2D eigenvalue weighted by atomic mass is 19.1. The predicted octanol–water partition coefficient (Wildman–Crippen LogP) is 1.71. The van der Waals surface area contributed by atoms with E-state index in [0.29, 0.717) is 18.5 Å². The third-order valence-electron chi connectivity index (χ3n) is 1.99. The lowest BCUT2D eigenvalue weighted by molar-refractivity contribution is -0.116. The summed E-state index contributed by atoms with van der Waals surface area (Å²) in [5.74, 6) is -0.451. The molecule has 1 N–H and O–H groups in total. The summed E-state index contributed by atoms with van der Waals surface area (Å²) in [6.07, 6.45) is 1.09. The van der Waals surface area contributed by atoms with Crippen molar-refractivity contribution in [1.29, 1.82) is 0 Å². The average molecular weight is 165 g/mol. The molecule has 0 spiro atoms. The maximum absolute atomic E-state index is 13.0. The number of nitrogens with one attached hydrogen (secondary N) is 1. The second kappa shape index (κ2) is 2.59. The first-order chi connectivity index (χ1) is 5.77. The normalized spacial score (nSPS) is 15.2. The fourth-order valence-electron chi connectivity index (χ4n) is 1.37. The van der Waals surface area contributed by atoms with Crippen LogP contribution >= 0.6 is 0 Å². The van der Waals surface area contributed by atoms with Crippen LogP contribution in [-0.2, 0) is 11.2 Å². The van der Waals surface area contributed by atoms with Crippen molar-refractivity contribution < 1.29 is 9.18 Å². The minimum Gasteiger partial charge on any atom is -0.323 e. The minimum absolute atomic E-state index is 0.104. The highest BCUT2D eigenvalue weighted by molar-refractivity contribution is 5.93. The van der Waals surface area contributed by atoms with Crippen molar-refractivity contribution in [3.63, 3.8) is 0 Å². The summed E-state index contributed by atoms with van der Waals surface area (Å²) in [6.45, 7) is 0. The van der Waals surface area contributed by atoms with Gasteiger partial charge in [0.2, 0.25) is 5.91 Å². The van der Waals surface area contributed by atoms with E-state index in [4.69, 9.17) is 0 Å². The Morgan fingerprint density at radius 2 is 2.17 bits per heavy atom. The van der Waals surface area contributed by atoms with Crippen molar-refractivity contribution in [3.05, 3.63) is 29.6 Å². The molecule has 62 valence electrons. The van der Waals surface area contributed by atoms with Gasteiger partial charge in [-0.2, -0.15) is 0 Å². The van der Waals surface area contributed by atoms with E-state index in [-0.39, 0.29) is 11.7 Å². The number of halogens is 1. The van der Waals surface area contributed by atoms with Gasteiger partial charge in [0.15, 0.2) is 0 Å². The van der Waals surface area contributed by atoms with E-state index in [2.05, 4.69) is 5.32 Å². The summed E-state index contributed by atoms with van der Waals surface area (Å²) in [6, 6.07) is 4.84. The maximum Gasteiger partial charge on any atom is 0.224 e. The van der Waals surface area contributed by atoms with Crippen molar-refractivity contribution in [2.24, 2.45) is 0 Å². The van der Waals surface area contributed by atoms with E-state index < -0.39 is 0 Å². The lowest BCUT2D eigenvalue weighted by Crippen LogP contribution is -2.19. The van der Waals surface area contributed by atoms with Crippen LogP contribution < -0.4 is 5.32 Å². The quantitative estimate of drug-likeness (QED) is 0.623. The number of aryl methyl sites for hydroxylation is 1. The van der Waals surface area contributed by atoms with Crippen LogP contribution in [0.4, 0.5) is 10.1 Å². The van der Waals surface area contributed by atoms with Gasteiger partial charge in [-0.3, -0.25) is 4.79 Å². The number of benzene rings is 1. The van der Waals surface area contributed by atoms with Gasteiger partial charge in [-0.05, 0) is 18.1 Å². The molecule has 0 saturated carbocycles. The van der Waals surface area contributed by atoms with Crippen molar-refractivity contribution >= 4 is 11.6 Å². The van der Waals surface area contributed by atoms with Gasteiger partial charge in [0.25, 0.3) is 0 Å². The second-order valence-corrected chi connectivity index (χ2v) is 2.82. The zero-order valence-electron chi connectivity index (χ0n) is 6.43. The predicted molar refractivity (Wildman–Crippen MR) is 43.4 cm³/mol. The van der Waals surface area contributed by atoms with Crippen molar-refractivity contribution in [1.82, 2.24) is 0 Å². The molecule has 1 aromatic carbocycles. The molecule has 1 amide bonds. The van der Waals surface area contributed by atoms with Gasteiger partial charge in [-0.1, -0.05) is 12.1 Å². The number of carbonyl (C=O) groups excluding carboxylic acids is 1. The maximum atomic E-state index is 13.0. The molecule has 3 heteroatoms.